The molecule has 0 atom stereocenters. The highest BCUT2D eigenvalue weighted by Gasteiger charge is 2.12. The van der Waals surface area contributed by atoms with Crippen molar-refractivity contribution in [1.82, 2.24) is 10.2 Å². The standard InChI is InChI=1S/C20H18N4O3S/c1-3-4-17(25)21-15-9-5-13(6-10-15)18(26)22-20-24-23-19(28-20)14-7-11-16(27-2)12-8-14/h3-12H,1-2H3,(H,21,25)(H,22,24,26)/b4-3+. The Morgan fingerprint density at radius 3 is 2.36 bits per heavy atom. The lowest BCUT2D eigenvalue weighted by Gasteiger charge is -2.04. The summed E-state index contributed by atoms with van der Waals surface area (Å²) in [5, 5.41) is 14.7. The van der Waals surface area contributed by atoms with Gasteiger partial charge in [0, 0.05) is 16.8 Å². The summed E-state index contributed by atoms with van der Waals surface area (Å²) in [7, 11) is 1.61. The molecule has 0 aliphatic rings. The van der Waals surface area contributed by atoms with Gasteiger partial charge in [0.15, 0.2) is 0 Å². The Hall–Kier alpha value is -3.52. The fourth-order valence-corrected chi connectivity index (χ4v) is 3.08. The number of nitrogens with one attached hydrogen (secondary N) is 2. The molecule has 3 rings (SSSR count). The van der Waals surface area contributed by atoms with Gasteiger partial charge in [-0.25, -0.2) is 0 Å². The average molecular weight is 394 g/mol. The van der Waals surface area contributed by atoms with Crippen LogP contribution in [-0.2, 0) is 4.79 Å². The van der Waals surface area contributed by atoms with Crippen LogP contribution in [0.1, 0.15) is 17.3 Å². The summed E-state index contributed by atoms with van der Waals surface area (Å²) in [6, 6.07) is 14.0. The SMILES string of the molecule is C/C=C/C(=O)Nc1ccc(C(=O)Nc2nnc(-c3ccc(OC)cc3)s2)cc1. The number of carbonyl (C=O) groups excluding carboxylic acids is 2. The molecule has 0 saturated carbocycles. The second-order valence-corrected chi connectivity index (χ2v) is 6.64. The molecule has 0 fully saturated rings. The lowest BCUT2D eigenvalue weighted by atomic mass is 10.2. The van der Waals surface area contributed by atoms with Crippen LogP contribution < -0.4 is 15.4 Å². The van der Waals surface area contributed by atoms with Crippen LogP contribution in [0.4, 0.5) is 10.8 Å². The number of ether oxygens (including phenoxy) is 1. The molecule has 1 heterocycles. The van der Waals surface area contributed by atoms with E-state index in [1.807, 2.05) is 24.3 Å². The Balaban J connectivity index is 1.64. The second-order valence-electron chi connectivity index (χ2n) is 5.66. The van der Waals surface area contributed by atoms with Gasteiger partial charge >= 0.3 is 0 Å². The third kappa shape index (κ3) is 4.80. The molecule has 2 N–H and O–H groups in total. The van der Waals surface area contributed by atoms with E-state index in [1.54, 1.807) is 44.4 Å². The summed E-state index contributed by atoms with van der Waals surface area (Å²) in [5.74, 6) is 0.232. The summed E-state index contributed by atoms with van der Waals surface area (Å²) < 4.78 is 5.14. The van der Waals surface area contributed by atoms with Crippen molar-refractivity contribution in [1.29, 1.82) is 0 Å². The van der Waals surface area contributed by atoms with Crippen molar-refractivity contribution in [2.75, 3.05) is 17.7 Å². The van der Waals surface area contributed by atoms with Crippen molar-refractivity contribution in [2.24, 2.45) is 0 Å². The van der Waals surface area contributed by atoms with E-state index in [9.17, 15) is 9.59 Å². The number of benzene rings is 2. The van der Waals surface area contributed by atoms with Gasteiger partial charge in [-0.3, -0.25) is 14.9 Å². The maximum Gasteiger partial charge on any atom is 0.257 e. The summed E-state index contributed by atoms with van der Waals surface area (Å²) >= 11 is 1.28. The van der Waals surface area contributed by atoms with Crippen molar-refractivity contribution in [3.8, 4) is 16.3 Å². The predicted molar refractivity (Wildman–Crippen MR) is 110 cm³/mol. The van der Waals surface area contributed by atoms with E-state index in [2.05, 4.69) is 20.8 Å². The Bertz CT molecular complexity index is 995. The minimum Gasteiger partial charge on any atom is -0.497 e. The van der Waals surface area contributed by atoms with Gasteiger partial charge in [0.1, 0.15) is 10.8 Å². The molecular formula is C20H18N4O3S. The van der Waals surface area contributed by atoms with E-state index < -0.39 is 0 Å². The zero-order chi connectivity index (χ0) is 19.9. The topological polar surface area (TPSA) is 93.2 Å². The fraction of sp³-hybridized carbons (Fsp3) is 0.100. The number of nitrogens with zero attached hydrogens (tertiary/aromatic N) is 2. The Kier molecular flexibility index (Phi) is 6.13. The summed E-state index contributed by atoms with van der Waals surface area (Å²) in [6.45, 7) is 1.76. The lowest BCUT2D eigenvalue weighted by Crippen LogP contribution is -2.12. The Morgan fingerprint density at radius 1 is 1.00 bits per heavy atom. The molecule has 0 spiro atoms. The zero-order valence-electron chi connectivity index (χ0n) is 15.3. The maximum atomic E-state index is 12.4. The van der Waals surface area contributed by atoms with Gasteiger partial charge in [0.2, 0.25) is 11.0 Å². The molecule has 8 heteroatoms. The molecule has 28 heavy (non-hydrogen) atoms. The van der Waals surface area contributed by atoms with Crippen LogP contribution in [0.2, 0.25) is 0 Å². The molecule has 0 saturated heterocycles. The van der Waals surface area contributed by atoms with Gasteiger partial charge in [-0.1, -0.05) is 17.4 Å². The summed E-state index contributed by atoms with van der Waals surface area (Å²) in [4.78, 5) is 23.9. The number of carbonyl (C=O) groups is 2. The highest BCUT2D eigenvalue weighted by molar-refractivity contribution is 7.18. The molecule has 2 amide bonds. The monoisotopic (exact) mass is 394 g/mol. The van der Waals surface area contributed by atoms with E-state index in [0.29, 0.717) is 21.4 Å². The van der Waals surface area contributed by atoms with Crippen molar-refractivity contribution in [3.63, 3.8) is 0 Å². The molecule has 3 aromatic rings. The zero-order valence-corrected chi connectivity index (χ0v) is 16.1. The van der Waals surface area contributed by atoms with Crippen molar-refractivity contribution >= 4 is 34.0 Å². The van der Waals surface area contributed by atoms with Crippen molar-refractivity contribution in [2.45, 2.75) is 6.92 Å². The van der Waals surface area contributed by atoms with Gasteiger partial charge in [-0.2, -0.15) is 0 Å². The number of anilines is 2. The largest absolute Gasteiger partial charge is 0.497 e. The molecular weight excluding hydrogens is 376 g/mol. The first-order valence-corrected chi connectivity index (χ1v) is 9.23. The number of hydrogen-bond acceptors (Lipinski definition) is 6. The minimum absolute atomic E-state index is 0.223. The molecule has 0 aliphatic heterocycles. The van der Waals surface area contributed by atoms with Crippen LogP contribution in [0, 0.1) is 0 Å². The lowest BCUT2D eigenvalue weighted by molar-refractivity contribution is -0.111. The average Bonchev–Trinajstić information content (AvgIpc) is 3.17. The highest BCUT2D eigenvalue weighted by atomic mass is 32.1. The first-order valence-electron chi connectivity index (χ1n) is 8.42. The summed E-state index contributed by atoms with van der Waals surface area (Å²) in [6.07, 6.45) is 3.08. The highest BCUT2D eigenvalue weighted by Crippen LogP contribution is 2.28. The van der Waals surface area contributed by atoms with Gasteiger partial charge in [-0.05, 0) is 61.5 Å². The number of methoxy groups -OCH3 is 1. The van der Waals surface area contributed by atoms with E-state index in [-0.39, 0.29) is 11.8 Å². The van der Waals surface area contributed by atoms with Gasteiger partial charge in [0.25, 0.3) is 5.91 Å². The minimum atomic E-state index is -0.302. The molecule has 0 radical (unpaired) electrons. The second kappa shape index (κ2) is 8.92. The molecule has 142 valence electrons. The first kappa shape index (κ1) is 19.2. The molecule has 2 aromatic carbocycles. The van der Waals surface area contributed by atoms with Crippen LogP contribution in [-0.4, -0.2) is 29.1 Å². The molecule has 0 bridgehead atoms. The summed E-state index contributed by atoms with van der Waals surface area (Å²) in [5.41, 5.74) is 1.95. The molecule has 1 aromatic heterocycles. The predicted octanol–water partition coefficient (Wildman–Crippen LogP) is 3.98. The Morgan fingerprint density at radius 2 is 1.71 bits per heavy atom. The Labute approximate surface area is 166 Å². The quantitative estimate of drug-likeness (QED) is 0.617. The van der Waals surface area contributed by atoms with E-state index in [4.69, 9.17) is 4.74 Å². The normalized spacial score (nSPS) is 10.6. The number of hydrogen-bond donors (Lipinski definition) is 2. The van der Waals surface area contributed by atoms with Crippen LogP contribution in [0.25, 0.3) is 10.6 Å². The van der Waals surface area contributed by atoms with E-state index in [1.165, 1.54) is 17.4 Å². The number of aromatic nitrogens is 2. The smallest absolute Gasteiger partial charge is 0.257 e. The van der Waals surface area contributed by atoms with Crippen LogP contribution in [0.15, 0.2) is 60.7 Å². The molecule has 0 aliphatic carbocycles. The van der Waals surface area contributed by atoms with E-state index in [0.717, 1.165) is 11.3 Å². The third-order valence-corrected chi connectivity index (χ3v) is 4.60. The van der Waals surface area contributed by atoms with Crippen molar-refractivity contribution < 1.29 is 14.3 Å². The number of amides is 2. The fourth-order valence-electron chi connectivity index (χ4n) is 2.33. The van der Waals surface area contributed by atoms with Gasteiger partial charge < -0.3 is 10.1 Å². The van der Waals surface area contributed by atoms with Crippen LogP contribution in [0.5, 0.6) is 5.75 Å². The van der Waals surface area contributed by atoms with Gasteiger partial charge in [0.05, 0.1) is 7.11 Å². The first-order chi connectivity index (χ1) is 13.6. The van der Waals surface area contributed by atoms with Crippen molar-refractivity contribution in [3.05, 3.63) is 66.2 Å². The van der Waals surface area contributed by atoms with Crippen LogP contribution in [0.3, 0.4) is 0 Å². The van der Waals surface area contributed by atoms with Gasteiger partial charge in [-0.15, -0.1) is 10.2 Å². The van der Waals surface area contributed by atoms with E-state index >= 15 is 0 Å². The third-order valence-electron chi connectivity index (χ3n) is 3.72. The number of rotatable bonds is 6. The number of allylic oxidation sites excluding steroid dienone is 1. The van der Waals surface area contributed by atoms with Crippen LogP contribution >= 0.6 is 11.3 Å². The molecule has 0 unspecified atom stereocenters. The molecule has 7 nitrogen and oxygen atoms in total. The maximum absolute atomic E-state index is 12.4.